The number of hydrogen-bond donors (Lipinski definition) is 1. The van der Waals surface area contributed by atoms with Crippen LogP contribution in [-0.2, 0) is 0 Å². The summed E-state index contributed by atoms with van der Waals surface area (Å²) in [5, 5.41) is 0.719. The first-order valence-corrected chi connectivity index (χ1v) is 4.58. The lowest BCUT2D eigenvalue weighted by Gasteiger charge is -1.99. The highest BCUT2D eigenvalue weighted by molar-refractivity contribution is 8.93. The number of nitrogens with two attached hydrogens (primary N) is 1. The van der Waals surface area contributed by atoms with Gasteiger partial charge in [-0.05, 0) is 11.7 Å². The van der Waals surface area contributed by atoms with E-state index in [2.05, 4.69) is 25.8 Å². The third kappa shape index (κ3) is 10.3. The van der Waals surface area contributed by atoms with Gasteiger partial charge in [-0.1, -0.05) is 32.5 Å². The van der Waals surface area contributed by atoms with Crippen LogP contribution in [0.5, 0.6) is 0 Å². The number of nitrogens with zero attached hydrogens (tertiary/aromatic N) is 1. The van der Waals surface area contributed by atoms with E-state index in [0.29, 0.717) is 5.92 Å². The van der Waals surface area contributed by atoms with E-state index in [0.717, 1.165) is 17.5 Å². The normalized spacial score (nSPS) is 11.5. The van der Waals surface area contributed by atoms with Crippen LogP contribution in [0.1, 0.15) is 20.8 Å². The van der Waals surface area contributed by atoms with E-state index in [-0.39, 0.29) is 17.0 Å². The highest BCUT2D eigenvalue weighted by atomic mass is 79.9. The molecule has 11 heavy (non-hydrogen) atoms. The lowest BCUT2D eigenvalue weighted by molar-refractivity contribution is 0.666. The Balaban J connectivity index is 0. The molecule has 0 rings (SSSR count). The molecule has 4 heteroatoms. The van der Waals surface area contributed by atoms with Crippen molar-refractivity contribution in [3.63, 3.8) is 0 Å². The summed E-state index contributed by atoms with van der Waals surface area (Å²) in [6.07, 6.45) is 0. The van der Waals surface area contributed by atoms with Gasteiger partial charge in [0.25, 0.3) is 0 Å². The van der Waals surface area contributed by atoms with Crippen LogP contribution in [0.25, 0.3) is 0 Å². The van der Waals surface area contributed by atoms with Gasteiger partial charge in [0.05, 0.1) is 0 Å². The molecule has 0 aliphatic carbocycles. The van der Waals surface area contributed by atoms with Gasteiger partial charge in [-0.15, -0.1) is 17.0 Å². The van der Waals surface area contributed by atoms with Gasteiger partial charge in [0.15, 0.2) is 5.17 Å². The average molecular weight is 241 g/mol. The zero-order valence-corrected chi connectivity index (χ0v) is 9.86. The van der Waals surface area contributed by atoms with Crippen molar-refractivity contribution in [2.75, 3.05) is 12.3 Å². The minimum Gasteiger partial charge on any atom is -0.379 e. The summed E-state index contributed by atoms with van der Waals surface area (Å²) in [4.78, 5) is 4.17. The highest BCUT2D eigenvalue weighted by Crippen LogP contribution is 1.99. The fraction of sp³-hybridized carbons (Fsp3) is 0.857. The minimum absolute atomic E-state index is 0. The summed E-state index contributed by atoms with van der Waals surface area (Å²) < 4.78 is 0. The molecule has 0 aliphatic rings. The maximum atomic E-state index is 5.55. The number of hydrogen-bond acceptors (Lipinski definition) is 2. The summed E-state index contributed by atoms with van der Waals surface area (Å²) in [5.74, 6) is 1.61. The summed E-state index contributed by atoms with van der Waals surface area (Å²) in [6.45, 7) is 7.18. The number of aliphatic imine (C=N–C) groups is 1. The summed E-state index contributed by atoms with van der Waals surface area (Å²) in [7, 11) is 0. The molecule has 0 aromatic heterocycles. The Hall–Kier alpha value is 0.300. The number of rotatable bonds is 3. The molecule has 0 aliphatic heterocycles. The van der Waals surface area contributed by atoms with Crippen LogP contribution in [0.2, 0.25) is 0 Å². The molecule has 0 fully saturated rings. The first-order chi connectivity index (χ1) is 4.66. The largest absolute Gasteiger partial charge is 0.379 e. The van der Waals surface area contributed by atoms with Crippen molar-refractivity contribution < 1.29 is 0 Å². The molecule has 0 heterocycles. The quantitative estimate of drug-likeness (QED) is 0.608. The number of thioether (sulfide) groups is 1. The zero-order valence-electron chi connectivity index (χ0n) is 7.33. The molecule has 0 aromatic rings. The predicted molar refractivity (Wildman–Crippen MR) is 59.8 cm³/mol. The van der Waals surface area contributed by atoms with E-state index in [9.17, 15) is 0 Å². The van der Waals surface area contributed by atoms with Gasteiger partial charge in [-0.25, -0.2) is 0 Å². The fourth-order valence-corrected chi connectivity index (χ4v) is 0.928. The van der Waals surface area contributed by atoms with Crippen LogP contribution >= 0.6 is 28.7 Å². The average Bonchev–Trinajstić information content (AvgIpc) is 1.85. The third-order valence-electron chi connectivity index (χ3n) is 0.904. The topological polar surface area (TPSA) is 38.4 Å². The van der Waals surface area contributed by atoms with Crippen molar-refractivity contribution >= 4 is 33.9 Å². The van der Waals surface area contributed by atoms with Crippen LogP contribution in [0.15, 0.2) is 4.99 Å². The molecule has 0 spiro atoms. The van der Waals surface area contributed by atoms with E-state index >= 15 is 0 Å². The van der Waals surface area contributed by atoms with E-state index in [1.807, 2.05) is 0 Å². The SMILES string of the molecule is Br.CCSC(N)=NCC(C)C. The van der Waals surface area contributed by atoms with Gasteiger partial charge in [0.2, 0.25) is 0 Å². The van der Waals surface area contributed by atoms with E-state index < -0.39 is 0 Å². The Morgan fingerprint density at radius 3 is 2.45 bits per heavy atom. The molecule has 0 amide bonds. The summed E-state index contributed by atoms with van der Waals surface area (Å²) in [5.41, 5.74) is 5.55. The Morgan fingerprint density at radius 1 is 1.55 bits per heavy atom. The Labute approximate surface area is 83.8 Å². The van der Waals surface area contributed by atoms with Crippen molar-refractivity contribution in [1.29, 1.82) is 0 Å². The second-order valence-electron chi connectivity index (χ2n) is 2.51. The molecule has 0 aromatic carbocycles. The Morgan fingerprint density at radius 2 is 2.09 bits per heavy atom. The molecule has 0 unspecified atom stereocenters. The van der Waals surface area contributed by atoms with Gasteiger partial charge < -0.3 is 5.73 Å². The van der Waals surface area contributed by atoms with Gasteiger partial charge >= 0.3 is 0 Å². The standard InChI is InChI=1S/C7H16N2S.BrH/c1-4-10-7(8)9-5-6(2)3;/h6H,4-5H2,1-3H3,(H2,8,9);1H. The van der Waals surface area contributed by atoms with Gasteiger partial charge in [0, 0.05) is 6.54 Å². The third-order valence-corrected chi connectivity index (χ3v) is 1.62. The molecule has 0 bridgehead atoms. The molecular formula is C7H17BrN2S. The van der Waals surface area contributed by atoms with Crippen LogP contribution in [-0.4, -0.2) is 17.5 Å². The van der Waals surface area contributed by atoms with Crippen molar-refractivity contribution in [3.05, 3.63) is 0 Å². The zero-order chi connectivity index (χ0) is 7.98. The summed E-state index contributed by atoms with van der Waals surface area (Å²) >= 11 is 1.60. The predicted octanol–water partition coefficient (Wildman–Crippen LogP) is 2.29. The number of halogens is 1. The van der Waals surface area contributed by atoms with Crippen LogP contribution in [0.4, 0.5) is 0 Å². The van der Waals surface area contributed by atoms with E-state index in [1.165, 1.54) is 0 Å². The fourth-order valence-electron chi connectivity index (χ4n) is 0.466. The first kappa shape index (κ1) is 13.9. The molecule has 0 saturated carbocycles. The molecular weight excluding hydrogens is 224 g/mol. The van der Waals surface area contributed by atoms with E-state index in [1.54, 1.807) is 11.8 Å². The smallest absolute Gasteiger partial charge is 0.153 e. The number of amidine groups is 1. The molecule has 0 radical (unpaired) electrons. The second-order valence-corrected chi connectivity index (χ2v) is 3.79. The highest BCUT2D eigenvalue weighted by Gasteiger charge is 1.92. The van der Waals surface area contributed by atoms with Crippen LogP contribution in [0.3, 0.4) is 0 Å². The second kappa shape index (κ2) is 8.40. The molecule has 2 N–H and O–H groups in total. The lowest BCUT2D eigenvalue weighted by atomic mass is 10.2. The molecule has 0 saturated heterocycles. The molecule has 2 nitrogen and oxygen atoms in total. The molecule has 68 valence electrons. The van der Waals surface area contributed by atoms with Crippen LogP contribution in [0, 0.1) is 5.92 Å². The van der Waals surface area contributed by atoms with Crippen molar-refractivity contribution in [2.45, 2.75) is 20.8 Å². The Bertz CT molecular complexity index is 115. The van der Waals surface area contributed by atoms with Gasteiger partial charge in [-0.3, -0.25) is 4.99 Å². The van der Waals surface area contributed by atoms with Crippen molar-refractivity contribution in [3.8, 4) is 0 Å². The minimum atomic E-state index is 0. The maximum Gasteiger partial charge on any atom is 0.153 e. The van der Waals surface area contributed by atoms with Crippen molar-refractivity contribution in [2.24, 2.45) is 16.6 Å². The van der Waals surface area contributed by atoms with E-state index in [4.69, 9.17) is 5.73 Å². The van der Waals surface area contributed by atoms with Crippen LogP contribution < -0.4 is 5.73 Å². The summed E-state index contributed by atoms with van der Waals surface area (Å²) in [6, 6.07) is 0. The van der Waals surface area contributed by atoms with Crippen molar-refractivity contribution in [1.82, 2.24) is 0 Å². The first-order valence-electron chi connectivity index (χ1n) is 3.59. The van der Waals surface area contributed by atoms with Gasteiger partial charge in [-0.2, -0.15) is 0 Å². The maximum absolute atomic E-state index is 5.55. The van der Waals surface area contributed by atoms with Gasteiger partial charge in [0.1, 0.15) is 0 Å². The monoisotopic (exact) mass is 240 g/mol. The Kier molecular flexibility index (Phi) is 10.6. The molecule has 0 atom stereocenters. The lowest BCUT2D eigenvalue weighted by Crippen LogP contribution is -2.09.